The van der Waals surface area contributed by atoms with Crippen molar-refractivity contribution in [3.63, 3.8) is 0 Å². The Morgan fingerprint density at radius 3 is 3.00 bits per heavy atom. The van der Waals surface area contributed by atoms with Crippen molar-refractivity contribution in [2.75, 3.05) is 31.6 Å². The highest BCUT2D eigenvalue weighted by molar-refractivity contribution is 7.15. The van der Waals surface area contributed by atoms with Crippen molar-refractivity contribution in [1.29, 1.82) is 0 Å². The fraction of sp³-hybridized carbons (Fsp3) is 0.800. The fourth-order valence-electron chi connectivity index (χ4n) is 3.52. The molecule has 2 unspecified atom stereocenters. The molecule has 0 aromatic carbocycles. The number of anilines is 1. The van der Waals surface area contributed by atoms with Gasteiger partial charge in [-0.1, -0.05) is 6.92 Å². The summed E-state index contributed by atoms with van der Waals surface area (Å²) in [5.41, 5.74) is 7.47. The lowest BCUT2D eigenvalue weighted by Gasteiger charge is -2.27. The zero-order valence-corrected chi connectivity index (χ0v) is 13.5. The largest absolute Gasteiger partial charge is 0.350 e. The minimum absolute atomic E-state index is 0.219. The van der Waals surface area contributed by atoms with Crippen molar-refractivity contribution >= 4 is 16.5 Å². The van der Waals surface area contributed by atoms with E-state index in [4.69, 9.17) is 10.7 Å². The molecule has 0 radical (unpaired) electrons. The first-order chi connectivity index (χ1) is 9.69. The molecule has 2 aliphatic rings. The first kappa shape index (κ1) is 14.3. The van der Waals surface area contributed by atoms with Crippen LogP contribution in [0.4, 0.5) is 5.13 Å². The number of likely N-dealkylation sites (N-methyl/N-ethyl adjacent to an activating group) is 2. The van der Waals surface area contributed by atoms with Gasteiger partial charge in [-0.3, -0.25) is 4.90 Å². The van der Waals surface area contributed by atoms with Crippen LogP contribution >= 0.6 is 11.3 Å². The third-order valence-electron chi connectivity index (χ3n) is 4.70. The summed E-state index contributed by atoms with van der Waals surface area (Å²) >= 11 is 1.82. The summed E-state index contributed by atoms with van der Waals surface area (Å²) in [7, 11) is 2.18. The van der Waals surface area contributed by atoms with Gasteiger partial charge in [0.25, 0.3) is 0 Å². The molecule has 0 bridgehead atoms. The fourth-order valence-corrected chi connectivity index (χ4v) is 4.63. The van der Waals surface area contributed by atoms with Gasteiger partial charge in [-0.05, 0) is 45.2 Å². The first-order valence-corrected chi connectivity index (χ1v) is 8.71. The summed E-state index contributed by atoms with van der Waals surface area (Å²) < 4.78 is 0. The Balaban J connectivity index is 1.69. The van der Waals surface area contributed by atoms with Crippen molar-refractivity contribution < 1.29 is 0 Å². The molecule has 20 heavy (non-hydrogen) atoms. The molecule has 2 heterocycles. The summed E-state index contributed by atoms with van der Waals surface area (Å²) in [6.07, 6.45) is 6.07. The van der Waals surface area contributed by atoms with Crippen LogP contribution in [0.15, 0.2) is 0 Å². The molecule has 1 aliphatic heterocycles. The first-order valence-electron chi connectivity index (χ1n) is 7.89. The number of nitrogens with two attached hydrogens (primary N) is 1. The molecule has 0 amide bonds. The van der Waals surface area contributed by atoms with Crippen LogP contribution in [-0.4, -0.2) is 42.6 Å². The van der Waals surface area contributed by atoms with Crippen molar-refractivity contribution in [1.82, 2.24) is 9.88 Å². The van der Waals surface area contributed by atoms with Crippen LogP contribution in [0.3, 0.4) is 0 Å². The van der Waals surface area contributed by atoms with Gasteiger partial charge in [-0.2, -0.15) is 0 Å². The number of likely N-dealkylation sites (tertiary alicyclic amines) is 1. The molecule has 2 atom stereocenters. The average molecular weight is 294 g/mol. The van der Waals surface area contributed by atoms with Gasteiger partial charge in [0.15, 0.2) is 5.13 Å². The number of rotatable bonds is 4. The van der Waals surface area contributed by atoms with E-state index in [1.165, 1.54) is 36.4 Å². The zero-order valence-electron chi connectivity index (χ0n) is 12.6. The monoisotopic (exact) mass is 294 g/mol. The molecular weight excluding hydrogens is 268 g/mol. The predicted molar refractivity (Wildman–Crippen MR) is 85.5 cm³/mol. The highest BCUT2D eigenvalue weighted by Crippen LogP contribution is 2.36. The van der Waals surface area contributed by atoms with Gasteiger partial charge in [0.05, 0.1) is 5.69 Å². The molecular formula is C15H26N4S. The van der Waals surface area contributed by atoms with Gasteiger partial charge in [0.2, 0.25) is 0 Å². The molecule has 112 valence electrons. The minimum Gasteiger partial charge on any atom is -0.350 e. The van der Waals surface area contributed by atoms with Crippen LogP contribution in [0.2, 0.25) is 0 Å². The van der Waals surface area contributed by atoms with Crippen LogP contribution < -0.4 is 10.6 Å². The molecule has 5 heteroatoms. The summed E-state index contributed by atoms with van der Waals surface area (Å²) in [6, 6.07) is 0.914. The second-order valence-corrected chi connectivity index (χ2v) is 7.12. The molecule has 3 rings (SSSR count). The van der Waals surface area contributed by atoms with E-state index in [2.05, 4.69) is 23.8 Å². The number of thiazole rings is 1. The Kier molecular flexibility index (Phi) is 4.29. The number of hydrogen-bond donors (Lipinski definition) is 1. The molecule has 1 aliphatic carbocycles. The Bertz CT molecular complexity index is 459. The van der Waals surface area contributed by atoms with Gasteiger partial charge in [0.1, 0.15) is 0 Å². The lowest BCUT2D eigenvalue weighted by atomic mass is 9.99. The van der Waals surface area contributed by atoms with Crippen molar-refractivity contribution in [2.45, 2.75) is 51.1 Å². The van der Waals surface area contributed by atoms with Crippen LogP contribution in [0, 0.1) is 0 Å². The maximum absolute atomic E-state index is 6.21. The van der Waals surface area contributed by atoms with E-state index in [9.17, 15) is 0 Å². The van der Waals surface area contributed by atoms with Gasteiger partial charge in [0, 0.05) is 30.6 Å². The molecule has 1 aromatic rings. The topological polar surface area (TPSA) is 45.4 Å². The third kappa shape index (κ3) is 2.71. The number of aromatic nitrogens is 1. The maximum atomic E-state index is 6.21. The molecule has 4 nitrogen and oxygen atoms in total. The zero-order chi connectivity index (χ0) is 14.1. The Morgan fingerprint density at radius 1 is 1.40 bits per heavy atom. The highest BCUT2D eigenvalue weighted by atomic mass is 32.1. The van der Waals surface area contributed by atoms with E-state index in [1.54, 1.807) is 0 Å². The van der Waals surface area contributed by atoms with Crippen LogP contribution in [-0.2, 0) is 6.42 Å². The summed E-state index contributed by atoms with van der Waals surface area (Å²) in [4.78, 5) is 11.1. The highest BCUT2D eigenvalue weighted by Gasteiger charge is 2.27. The summed E-state index contributed by atoms with van der Waals surface area (Å²) in [6.45, 7) is 5.78. The molecule has 2 N–H and O–H groups in total. The van der Waals surface area contributed by atoms with Crippen molar-refractivity contribution in [2.24, 2.45) is 5.73 Å². The van der Waals surface area contributed by atoms with Gasteiger partial charge < -0.3 is 10.6 Å². The lowest BCUT2D eigenvalue weighted by molar-refractivity contribution is 0.270. The third-order valence-corrected chi connectivity index (χ3v) is 6.04. The maximum Gasteiger partial charge on any atom is 0.185 e. The van der Waals surface area contributed by atoms with E-state index < -0.39 is 0 Å². The quantitative estimate of drug-likeness (QED) is 0.926. The van der Waals surface area contributed by atoms with Crippen LogP contribution in [0.25, 0.3) is 0 Å². The summed E-state index contributed by atoms with van der Waals surface area (Å²) in [5.74, 6) is 0. The molecule has 1 saturated heterocycles. The number of hydrogen-bond acceptors (Lipinski definition) is 5. The van der Waals surface area contributed by atoms with Crippen molar-refractivity contribution in [3.05, 3.63) is 10.6 Å². The van der Waals surface area contributed by atoms with E-state index >= 15 is 0 Å². The standard InChI is InChI=1S/C15H26N4S/c1-3-19-9-5-6-11(19)10-18(2)15-17-13-8-4-7-12(16)14(13)20-15/h11-12H,3-10,16H2,1-2H3. The van der Waals surface area contributed by atoms with Gasteiger partial charge >= 0.3 is 0 Å². The normalized spacial score (nSPS) is 26.8. The molecule has 0 spiro atoms. The second-order valence-electron chi connectivity index (χ2n) is 6.11. The van der Waals surface area contributed by atoms with E-state index in [0.717, 1.165) is 31.1 Å². The van der Waals surface area contributed by atoms with Crippen molar-refractivity contribution in [3.8, 4) is 0 Å². The number of aryl methyl sites for hydroxylation is 1. The van der Waals surface area contributed by atoms with Gasteiger partial charge in [-0.25, -0.2) is 4.98 Å². The van der Waals surface area contributed by atoms with Gasteiger partial charge in [-0.15, -0.1) is 11.3 Å². The van der Waals surface area contributed by atoms with E-state index in [1.807, 2.05) is 11.3 Å². The lowest BCUT2D eigenvalue weighted by Crippen LogP contribution is -2.38. The second kappa shape index (κ2) is 6.00. The van der Waals surface area contributed by atoms with Crippen LogP contribution in [0.5, 0.6) is 0 Å². The summed E-state index contributed by atoms with van der Waals surface area (Å²) in [5, 5.41) is 1.16. The Hall–Kier alpha value is -0.650. The molecule has 1 fully saturated rings. The Morgan fingerprint density at radius 2 is 2.25 bits per heavy atom. The van der Waals surface area contributed by atoms with Crippen LogP contribution in [0.1, 0.15) is 49.2 Å². The predicted octanol–water partition coefficient (Wildman–Crippen LogP) is 2.40. The number of nitrogens with zero attached hydrogens (tertiary/aromatic N) is 3. The SMILES string of the molecule is CCN1CCCC1CN(C)c1nc2c(s1)C(N)CCC2. The minimum atomic E-state index is 0.219. The molecule has 1 aromatic heterocycles. The van der Waals surface area contributed by atoms with E-state index in [0.29, 0.717) is 6.04 Å². The Labute approximate surface area is 126 Å². The number of fused-ring (bicyclic) bond motifs is 1. The average Bonchev–Trinajstić information content (AvgIpc) is 3.05. The van der Waals surface area contributed by atoms with E-state index in [-0.39, 0.29) is 6.04 Å². The molecule has 0 saturated carbocycles. The smallest absolute Gasteiger partial charge is 0.185 e.